The fourth-order valence-electron chi connectivity index (χ4n) is 2.15. The van der Waals surface area contributed by atoms with Crippen LogP contribution >= 0.6 is 0 Å². The van der Waals surface area contributed by atoms with Crippen LogP contribution in [0.4, 0.5) is 0 Å². The Morgan fingerprint density at radius 2 is 1.84 bits per heavy atom. The van der Waals surface area contributed by atoms with Gasteiger partial charge in [0.1, 0.15) is 0 Å². The summed E-state index contributed by atoms with van der Waals surface area (Å²) in [4.78, 5) is 13.7. The lowest BCUT2D eigenvalue weighted by Gasteiger charge is -2.20. The molecule has 1 saturated heterocycles. The molecule has 1 aliphatic rings. The van der Waals surface area contributed by atoms with Crippen LogP contribution in [0.25, 0.3) is 0 Å². The van der Waals surface area contributed by atoms with E-state index < -0.39 is 10.0 Å². The van der Waals surface area contributed by atoms with Gasteiger partial charge in [-0.15, -0.1) is 0 Å². The summed E-state index contributed by atoms with van der Waals surface area (Å²) >= 11 is 0. The first-order valence-corrected chi connectivity index (χ1v) is 7.66. The molecule has 0 radical (unpaired) electrons. The molecule has 104 valence electrons. The number of sulfonamides is 1. The molecule has 0 unspecified atom stereocenters. The van der Waals surface area contributed by atoms with Gasteiger partial charge in [-0.25, -0.2) is 8.42 Å². The number of benzene rings is 1. The highest BCUT2D eigenvalue weighted by Gasteiger charge is 2.30. The third-order valence-electron chi connectivity index (χ3n) is 3.35. The number of rotatable bonds is 2. The maximum absolute atomic E-state index is 12.6. The van der Waals surface area contributed by atoms with Crippen molar-refractivity contribution in [1.82, 2.24) is 9.21 Å². The van der Waals surface area contributed by atoms with E-state index in [1.54, 1.807) is 43.1 Å². The Bertz CT molecular complexity index is 583. The zero-order valence-electron chi connectivity index (χ0n) is 11.2. The Morgan fingerprint density at radius 1 is 1.16 bits per heavy atom. The van der Waals surface area contributed by atoms with E-state index >= 15 is 0 Å². The van der Waals surface area contributed by atoms with Crippen LogP contribution in [0.5, 0.6) is 0 Å². The van der Waals surface area contributed by atoms with Crippen molar-refractivity contribution in [3.05, 3.63) is 29.8 Å². The van der Waals surface area contributed by atoms with Crippen LogP contribution in [0.2, 0.25) is 0 Å². The first kappa shape index (κ1) is 14.0. The third-order valence-corrected chi connectivity index (χ3v) is 5.36. The van der Waals surface area contributed by atoms with Crippen LogP contribution in [0.3, 0.4) is 0 Å². The molecule has 0 bridgehead atoms. The number of aryl methyl sites for hydroxylation is 1. The van der Waals surface area contributed by atoms with Crippen LogP contribution < -0.4 is 0 Å². The number of nitrogens with zero attached hydrogens (tertiary/aromatic N) is 2. The van der Waals surface area contributed by atoms with Gasteiger partial charge in [0.15, 0.2) is 0 Å². The van der Waals surface area contributed by atoms with Crippen molar-refractivity contribution >= 4 is 15.9 Å². The Hall–Kier alpha value is -1.40. The minimum absolute atomic E-state index is 0.0762. The molecule has 0 N–H and O–H groups in total. The van der Waals surface area contributed by atoms with Crippen LogP contribution in [0, 0.1) is 6.92 Å². The van der Waals surface area contributed by atoms with Gasteiger partial charge in [-0.05, 0) is 25.0 Å². The van der Waals surface area contributed by atoms with Crippen molar-refractivity contribution in [2.45, 2.75) is 18.2 Å². The Kier molecular flexibility index (Phi) is 3.91. The Morgan fingerprint density at radius 3 is 2.53 bits per heavy atom. The summed E-state index contributed by atoms with van der Waals surface area (Å²) in [6.07, 6.45) is 0.660. The van der Waals surface area contributed by atoms with Gasteiger partial charge in [0.2, 0.25) is 15.9 Å². The first-order valence-electron chi connectivity index (χ1n) is 6.22. The molecule has 19 heavy (non-hydrogen) atoms. The predicted octanol–water partition coefficient (Wildman–Crippen LogP) is 0.848. The van der Waals surface area contributed by atoms with E-state index in [0.717, 1.165) is 0 Å². The van der Waals surface area contributed by atoms with Crippen molar-refractivity contribution in [3.63, 3.8) is 0 Å². The molecule has 0 spiro atoms. The molecule has 1 aromatic carbocycles. The molecule has 6 heteroatoms. The van der Waals surface area contributed by atoms with Crippen molar-refractivity contribution < 1.29 is 13.2 Å². The highest BCUT2D eigenvalue weighted by atomic mass is 32.2. The number of carbonyl (C=O) groups is 1. The van der Waals surface area contributed by atoms with E-state index in [4.69, 9.17) is 0 Å². The number of hydrogen-bond donors (Lipinski definition) is 0. The van der Waals surface area contributed by atoms with Gasteiger partial charge in [0, 0.05) is 20.1 Å². The van der Waals surface area contributed by atoms with E-state index in [2.05, 4.69) is 0 Å². The summed E-state index contributed by atoms with van der Waals surface area (Å²) in [5.41, 5.74) is 0.701. The molecule has 5 nitrogen and oxygen atoms in total. The summed E-state index contributed by atoms with van der Waals surface area (Å²) < 4.78 is 26.4. The standard InChI is InChI=1S/C13H18N2O3S/c1-11-6-3-4-7-12(11)19(17,18)15-9-5-8-14(2)13(16)10-15/h3-4,6-7H,5,8-10H2,1-2H3. The van der Waals surface area contributed by atoms with E-state index in [9.17, 15) is 13.2 Å². The smallest absolute Gasteiger partial charge is 0.243 e. The van der Waals surface area contributed by atoms with Crippen molar-refractivity contribution in [2.24, 2.45) is 0 Å². The topological polar surface area (TPSA) is 57.7 Å². The second-order valence-corrected chi connectivity index (χ2v) is 6.68. The molecule has 2 rings (SSSR count). The van der Waals surface area contributed by atoms with E-state index in [1.165, 1.54) is 4.31 Å². The maximum Gasteiger partial charge on any atom is 0.243 e. The van der Waals surface area contributed by atoms with Gasteiger partial charge in [-0.2, -0.15) is 4.31 Å². The number of hydrogen-bond acceptors (Lipinski definition) is 3. The first-order chi connectivity index (χ1) is 8.93. The van der Waals surface area contributed by atoms with Crippen molar-refractivity contribution in [3.8, 4) is 0 Å². The molecular formula is C13H18N2O3S. The highest BCUT2D eigenvalue weighted by molar-refractivity contribution is 7.89. The number of carbonyl (C=O) groups excluding carboxylic acids is 1. The van der Waals surface area contributed by atoms with Gasteiger partial charge < -0.3 is 4.90 Å². The van der Waals surface area contributed by atoms with Crippen LogP contribution in [0.1, 0.15) is 12.0 Å². The monoisotopic (exact) mass is 282 g/mol. The zero-order valence-corrected chi connectivity index (χ0v) is 12.0. The molecule has 0 saturated carbocycles. The summed E-state index contributed by atoms with van der Waals surface area (Å²) in [7, 11) is -1.89. The molecule has 0 aromatic heterocycles. The van der Waals surface area contributed by atoms with Gasteiger partial charge in [-0.1, -0.05) is 18.2 Å². The third kappa shape index (κ3) is 2.79. The fourth-order valence-corrected chi connectivity index (χ4v) is 3.80. The van der Waals surface area contributed by atoms with Gasteiger partial charge in [-0.3, -0.25) is 4.79 Å². The summed E-state index contributed by atoms with van der Waals surface area (Å²) in [5, 5.41) is 0. The van der Waals surface area contributed by atoms with Crippen LogP contribution in [-0.2, 0) is 14.8 Å². The van der Waals surface area contributed by atoms with Crippen LogP contribution in [-0.4, -0.2) is 50.2 Å². The van der Waals surface area contributed by atoms with E-state index in [1.807, 2.05) is 0 Å². The minimum atomic E-state index is -3.59. The average molecular weight is 282 g/mol. The molecule has 1 fully saturated rings. The quantitative estimate of drug-likeness (QED) is 0.808. The van der Waals surface area contributed by atoms with Crippen LogP contribution in [0.15, 0.2) is 29.2 Å². The molecular weight excluding hydrogens is 264 g/mol. The molecule has 1 aliphatic heterocycles. The maximum atomic E-state index is 12.6. The fraction of sp³-hybridized carbons (Fsp3) is 0.462. The van der Waals surface area contributed by atoms with Crippen molar-refractivity contribution in [2.75, 3.05) is 26.7 Å². The van der Waals surface area contributed by atoms with E-state index in [0.29, 0.717) is 25.1 Å². The number of amides is 1. The lowest BCUT2D eigenvalue weighted by molar-refractivity contribution is -0.129. The number of likely N-dealkylation sites (N-methyl/N-ethyl adjacent to an activating group) is 1. The van der Waals surface area contributed by atoms with Gasteiger partial charge in [0.25, 0.3) is 0 Å². The van der Waals surface area contributed by atoms with E-state index in [-0.39, 0.29) is 17.3 Å². The second-order valence-electron chi connectivity index (χ2n) is 4.77. The Balaban J connectivity index is 2.35. The molecule has 0 atom stereocenters. The lowest BCUT2D eigenvalue weighted by atomic mass is 10.2. The summed E-state index contributed by atoms with van der Waals surface area (Å²) in [6.45, 7) is 2.66. The molecule has 1 heterocycles. The highest BCUT2D eigenvalue weighted by Crippen LogP contribution is 2.20. The molecule has 0 aliphatic carbocycles. The zero-order chi connectivity index (χ0) is 14.0. The molecule has 1 aromatic rings. The largest absolute Gasteiger partial charge is 0.345 e. The van der Waals surface area contributed by atoms with Gasteiger partial charge >= 0.3 is 0 Å². The second kappa shape index (κ2) is 5.30. The normalized spacial score (nSPS) is 18.4. The predicted molar refractivity (Wildman–Crippen MR) is 72.2 cm³/mol. The van der Waals surface area contributed by atoms with Gasteiger partial charge in [0.05, 0.1) is 11.4 Å². The summed E-state index contributed by atoms with van der Waals surface area (Å²) in [6, 6.07) is 6.85. The summed E-state index contributed by atoms with van der Waals surface area (Å²) in [5.74, 6) is -0.158. The molecule has 1 amide bonds. The van der Waals surface area contributed by atoms with Crippen molar-refractivity contribution in [1.29, 1.82) is 0 Å². The SMILES string of the molecule is Cc1ccccc1S(=O)(=O)N1CCCN(C)C(=O)C1. The minimum Gasteiger partial charge on any atom is -0.345 e. The lowest BCUT2D eigenvalue weighted by Crippen LogP contribution is -2.38. The average Bonchev–Trinajstić information content (AvgIpc) is 2.53. The Labute approximate surface area is 113 Å².